The maximum atomic E-state index is 11.2. The molecule has 2 aromatic carbocycles. The lowest BCUT2D eigenvalue weighted by Crippen LogP contribution is -2.26. The molecule has 0 atom stereocenters. The largest absolute Gasteiger partial charge is 0.456 e. The van der Waals surface area contributed by atoms with Crippen molar-refractivity contribution in [1.29, 1.82) is 0 Å². The van der Waals surface area contributed by atoms with Gasteiger partial charge in [0, 0.05) is 65.8 Å². The first kappa shape index (κ1) is 19.3. The number of hydrogen-bond donors (Lipinski definition) is 0. The molecule has 0 radical (unpaired) electrons. The third kappa shape index (κ3) is 3.31. The molecule has 0 aromatic heterocycles. The Hall–Kier alpha value is -3.40. The van der Waals surface area contributed by atoms with Crippen LogP contribution in [-0.2, 0) is 0 Å². The minimum absolute atomic E-state index is 0.690. The Morgan fingerprint density at radius 2 is 1.62 bits per heavy atom. The molecule has 0 saturated carbocycles. The normalized spacial score (nSPS) is 16.4. The van der Waals surface area contributed by atoms with Crippen LogP contribution in [0, 0.1) is 0 Å². The van der Waals surface area contributed by atoms with Gasteiger partial charge in [-0.3, -0.25) is 4.79 Å². The average molecular weight is 424 g/mol. The van der Waals surface area contributed by atoms with Gasteiger partial charge >= 0.3 is 0 Å². The molecule has 4 nitrogen and oxygen atoms in total. The molecule has 0 spiro atoms. The van der Waals surface area contributed by atoms with E-state index in [1.807, 2.05) is 24.3 Å². The van der Waals surface area contributed by atoms with Crippen LogP contribution < -0.4 is 14.8 Å². The Balaban J connectivity index is 1.62. The average Bonchev–Trinajstić information content (AvgIpc) is 3.57. The summed E-state index contributed by atoms with van der Waals surface area (Å²) in [6.45, 7) is 4.44. The van der Waals surface area contributed by atoms with Gasteiger partial charge in [-0.15, -0.1) is 0 Å². The molecule has 0 N–H and O–H groups in total. The number of anilines is 1. The summed E-state index contributed by atoms with van der Waals surface area (Å²) < 4.78 is 8.99. The van der Waals surface area contributed by atoms with E-state index < -0.39 is 0 Å². The van der Waals surface area contributed by atoms with Crippen LogP contribution in [0.1, 0.15) is 36.0 Å². The summed E-state index contributed by atoms with van der Waals surface area (Å²) in [7, 11) is 0. The van der Waals surface area contributed by atoms with Gasteiger partial charge in [-0.2, -0.15) is 0 Å². The molecule has 6 rings (SSSR count). The zero-order chi connectivity index (χ0) is 21.5. The Morgan fingerprint density at radius 3 is 2.38 bits per heavy atom. The van der Waals surface area contributed by atoms with E-state index in [1.165, 1.54) is 42.3 Å². The van der Waals surface area contributed by atoms with Crippen molar-refractivity contribution in [2.45, 2.75) is 25.7 Å². The van der Waals surface area contributed by atoms with Crippen LogP contribution in [0.15, 0.2) is 65.1 Å². The molecule has 1 aliphatic carbocycles. The zero-order valence-electron chi connectivity index (χ0n) is 18.2. The molecule has 4 aliphatic rings. The van der Waals surface area contributed by atoms with Gasteiger partial charge in [-0.25, -0.2) is 4.58 Å². The first-order valence-electron chi connectivity index (χ1n) is 11.7. The standard InChI is InChI=1S/C28H27N2O2/c31-19-20-5-7-21(8-6-20)28-24-11-9-22(29-13-1-2-14-29)17-26(24)32-27-18-23(10-12-25(27)28)30-15-3-4-16-30/h5-12,17-19H,1-4,13-16H2/q+1. The van der Waals surface area contributed by atoms with Gasteiger partial charge < -0.3 is 9.32 Å². The van der Waals surface area contributed by atoms with Gasteiger partial charge in [-0.1, -0.05) is 24.3 Å². The fourth-order valence-corrected chi connectivity index (χ4v) is 5.25. The number of carbonyl (C=O) groups excluding carboxylic acids is 1. The van der Waals surface area contributed by atoms with Crippen LogP contribution >= 0.6 is 0 Å². The molecule has 0 amide bonds. The highest BCUT2D eigenvalue weighted by atomic mass is 16.3. The predicted molar refractivity (Wildman–Crippen MR) is 129 cm³/mol. The molecule has 2 saturated heterocycles. The number of aldehydes is 1. The van der Waals surface area contributed by atoms with Crippen molar-refractivity contribution >= 4 is 22.9 Å². The van der Waals surface area contributed by atoms with E-state index in [-0.39, 0.29) is 0 Å². The molecule has 2 aromatic rings. The highest BCUT2D eigenvalue weighted by molar-refractivity contribution is 6.02. The predicted octanol–water partition coefficient (Wildman–Crippen LogP) is 5.18. The maximum absolute atomic E-state index is 11.2. The Kier molecular flexibility index (Phi) is 4.79. The highest BCUT2D eigenvalue weighted by Gasteiger charge is 2.21. The van der Waals surface area contributed by atoms with Crippen LogP contribution in [0.4, 0.5) is 5.69 Å². The molecule has 0 unspecified atom stereocenters. The number of hydrogen-bond acceptors (Lipinski definition) is 3. The fraction of sp³-hybridized carbons (Fsp3) is 0.286. The lowest BCUT2D eigenvalue weighted by Gasteiger charge is -2.20. The van der Waals surface area contributed by atoms with Gasteiger partial charge in [0.15, 0.2) is 0 Å². The van der Waals surface area contributed by atoms with E-state index >= 15 is 0 Å². The summed E-state index contributed by atoms with van der Waals surface area (Å²) in [5.41, 5.74) is 6.21. The second-order valence-electron chi connectivity index (χ2n) is 8.97. The van der Waals surface area contributed by atoms with Crippen LogP contribution in [-0.4, -0.2) is 32.5 Å². The van der Waals surface area contributed by atoms with Gasteiger partial charge in [0.2, 0.25) is 5.36 Å². The van der Waals surface area contributed by atoms with Crippen LogP contribution in [0.25, 0.3) is 33.4 Å². The first-order chi connectivity index (χ1) is 15.8. The van der Waals surface area contributed by atoms with E-state index in [1.54, 1.807) is 0 Å². The topological polar surface area (TPSA) is 36.5 Å². The molecule has 4 heteroatoms. The first-order valence-corrected chi connectivity index (χ1v) is 11.7. The number of rotatable bonds is 3. The summed E-state index contributed by atoms with van der Waals surface area (Å²) in [5, 5.41) is 2.34. The minimum Gasteiger partial charge on any atom is -0.456 e. The van der Waals surface area contributed by atoms with Crippen molar-refractivity contribution in [2.75, 3.05) is 31.1 Å². The lowest BCUT2D eigenvalue weighted by atomic mass is 9.93. The Bertz CT molecular complexity index is 1340. The number of fused-ring (bicyclic) bond motifs is 2. The molecule has 3 heterocycles. The molecular weight excluding hydrogens is 396 g/mol. The SMILES string of the molecule is O=Cc1ccc(-c2c3ccc(=[N+]4CCCC4)cc-3oc3cc(N4CCCC4)ccc23)cc1. The van der Waals surface area contributed by atoms with E-state index in [0.717, 1.165) is 60.3 Å². The van der Waals surface area contributed by atoms with E-state index in [2.05, 4.69) is 45.9 Å². The highest BCUT2D eigenvalue weighted by Crippen LogP contribution is 2.41. The summed E-state index contributed by atoms with van der Waals surface area (Å²) in [5.74, 6) is 0.912. The summed E-state index contributed by atoms with van der Waals surface area (Å²) in [4.78, 5) is 13.6. The molecule has 32 heavy (non-hydrogen) atoms. The second-order valence-corrected chi connectivity index (χ2v) is 8.97. The smallest absolute Gasteiger partial charge is 0.203 e. The van der Waals surface area contributed by atoms with Crippen molar-refractivity contribution in [3.8, 4) is 22.5 Å². The second kappa shape index (κ2) is 7.94. The molecular formula is C28H27N2O2+. The number of nitrogens with zero attached hydrogens (tertiary/aromatic N) is 2. The Morgan fingerprint density at radius 1 is 0.844 bits per heavy atom. The van der Waals surface area contributed by atoms with Crippen molar-refractivity contribution in [1.82, 2.24) is 4.58 Å². The van der Waals surface area contributed by atoms with E-state index in [0.29, 0.717) is 5.56 Å². The van der Waals surface area contributed by atoms with Gasteiger partial charge in [-0.05, 0) is 36.6 Å². The van der Waals surface area contributed by atoms with Crippen LogP contribution in [0.3, 0.4) is 0 Å². The fourth-order valence-electron chi connectivity index (χ4n) is 5.25. The zero-order valence-corrected chi connectivity index (χ0v) is 18.2. The van der Waals surface area contributed by atoms with E-state index in [9.17, 15) is 4.79 Å². The monoisotopic (exact) mass is 423 g/mol. The van der Waals surface area contributed by atoms with Crippen molar-refractivity contribution in [3.05, 3.63) is 71.6 Å². The Labute approximate surface area is 187 Å². The summed E-state index contributed by atoms with van der Waals surface area (Å²) >= 11 is 0. The molecule has 0 bridgehead atoms. The number of benzene rings is 3. The van der Waals surface area contributed by atoms with Crippen LogP contribution in [0.5, 0.6) is 0 Å². The maximum Gasteiger partial charge on any atom is 0.203 e. The summed E-state index contributed by atoms with van der Waals surface area (Å²) in [6, 6.07) is 21.1. The van der Waals surface area contributed by atoms with Crippen molar-refractivity contribution in [3.63, 3.8) is 0 Å². The minimum atomic E-state index is 0.690. The quantitative estimate of drug-likeness (QED) is 0.259. The number of carbonyl (C=O) groups is 1. The van der Waals surface area contributed by atoms with Crippen molar-refractivity contribution < 1.29 is 9.21 Å². The van der Waals surface area contributed by atoms with E-state index in [4.69, 9.17) is 4.42 Å². The molecule has 2 fully saturated rings. The van der Waals surface area contributed by atoms with Gasteiger partial charge in [0.1, 0.15) is 30.7 Å². The third-order valence-corrected chi connectivity index (χ3v) is 6.97. The van der Waals surface area contributed by atoms with Crippen molar-refractivity contribution in [2.24, 2.45) is 0 Å². The van der Waals surface area contributed by atoms with Gasteiger partial charge in [0.25, 0.3) is 0 Å². The third-order valence-electron chi connectivity index (χ3n) is 6.97. The molecule has 160 valence electrons. The lowest BCUT2D eigenvalue weighted by molar-refractivity contribution is 0.112. The molecule has 3 aliphatic heterocycles. The van der Waals surface area contributed by atoms with Crippen LogP contribution in [0.2, 0.25) is 0 Å². The summed E-state index contributed by atoms with van der Waals surface area (Å²) in [6.07, 6.45) is 5.90. The van der Waals surface area contributed by atoms with Gasteiger partial charge in [0.05, 0.1) is 6.07 Å².